The predicted octanol–water partition coefficient (Wildman–Crippen LogP) is 0.929. The van der Waals surface area contributed by atoms with E-state index in [1.165, 1.54) is 0 Å². The number of aliphatic hydroxyl groups excluding tert-OH is 3. The summed E-state index contributed by atoms with van der Waals surface area (Å²) in [5.41, 5.74) is 1.12. The van der Waals surface area contributed by atoms with Gasteiger partial charge in [-0.2, -0.15) is 0 Å². The summed E-state index contributed by atoms with van der Waals surface area (Å²) in [5, 5.41) is 23.7. The molecule has 92 valence electrons. The maximum Gasteiger partial charge on any atom is 0.0718 e. The van der Waals surface area contributed by atoms with Crippen molar-refractivity contribution in [2.24, 2.45) is 0 Å². The summed E-state index contributed by atoms with van der Waals surface area (Å²) < 4.78 is 6.21. The van der Waals surface area contributed by atoms with Crippen molar-refractivity contribution in [2.45, 2.75) is 6.61 Å². The molecule has 0 aliphatic heterocycles. The van der Waals surface area contributed by atoms with Crippen molar-refractivity contribution in [1.82, 2.24) is 0 Å². The molecular weight excluding hydrogens is 276 g/mol. The van der Waals surface area contributed by atoms with E-state index < -0.39 is 0 Å². The van der Waals surface area contributed by atoms with E-state index in [0.717, 1.165) is 10.0 Å². The van der Waals surface area contributed by atoms with Gasteiger partial charge in [0.05, 0.1) is 33.0 Å². The molecule has 0 radical (unpaired) electrons. The Kier molecular flexibility index (Phi) is 10.7. The summed E-state index contributed by atoms with van der Waals surface area (Å²) in [6.45, 7) is 0.792. The first-order valence-electron chi connectivity index (χ1n) is 4.89. The Labute approximate surface area is 104 Å². The van der Waals surface area contributed by atoms with E-state index in [2.05, 4.69) is 15.9 Å². The summed E-state index contributed by atoms with van der Waals surface area (Å²) in [6, 6.07) is 7.91. The lowest BCUT2D eigenvalue weighted by molar-refractivity contribution is 0.0815. The van der Waals surface area contributed by atoms with E-state index in [1.807, 2.05) is 24.3 Å². The molecule has 0 saturated carbocycles. The molecule has 0 spiro atoms. The van der Waals surface area contributed by atoms with Crippen molar-refractivity contribution in [3.05, 3.63) is 34.3 Å². The van der Waals surface area contributed by atoms with Gasteiger partial charge in [0.25, 0.3) is 0 Å². The van der Waals surface area contributed by atoms with Crippen LogP contribution in [0.1, 0.15) is 5.56 Å². The molecule has 0 heterocycles. The lowest BCUT2D eigenvalue weighted by atomic mass is 10.2. The average Bonchev–Trinajstić information content (AvgIpc) is 2.32. The van der Waals surface area contributed by atoms with E-state index in [4.69, 9.17) is 20.1 Å². The maximum absolute atomic E-state index is 8.46. The lowest BCUT2D eigenvalue weighted by Crippen LogP contribution is -1.98. The third kappa shape index (κ3) is 8.82. The van der Waals surface area contributed by atoms with Gasteiger partial charge in [-0.25, -0.2) is 0 Å². The Balaban J connectivity index is 0.000000487. The summed E-state index contributed by atoms with van der Waals surface area (Å²) in [4.78, 5) is 0. The molecular formula is C11H17BrO4. The molecule has 0 unspecified atom stereocenters. The fourth-order valence-corrected chi connectivity index (χ4v) is 1.10. The number of hydrogen-bond acceptors (Lipinski definition) is 4. The number of hydrogen-bond donors (Lipinski definition) is 3. The second-order valence-electron chi connectivity index (χ2n) is 2.85. The molecule has 0 aliphatic rings. The first-order chi connectivity index (χ1) is 7.74. The van der Waals surface area contributed by atoms with Crippen LogP contribution in [0.2, 0.25) is 0 Å². The fraction of sp³-hybridized carbons (Fsp3) is 0.455. The highest BCUT2D eigenvalue weighted by molar-refractivity contribution is 9.10. The molecule has 0 bridgehead atoms. The minimum absolute atomic E-state index is 0.0799. The zero-order valence-corrected chi connectivity index (χ0v) is 10.6. The highest BCUT2D eigenvalue weighted by atomic mass is 79.9. The molecule has 1 aromatic rings. The van der Waals surface area contributed by atoms with Crippen LogP contribution < -0.4 is 0 Å². The van der Waals surface area contributed by atoms with Gasteiger partial charge in [-0.15, -0.1) is 0 Å². The fourth-order valence-electron chi connectivity index (χ4n) is 0.835. The summed E-state index contributed by atoms with van der Waals surface area (Å²) in [7, 11) is 0. The van der Waals surface area contributed by atoms with Crippen molar-refractivity contribution >= 4 is 15.9 Å². The van der Waals surface area contributed by atoms with Gasteiger partial charge in [0.15, 0.2) is 0 Å². The third-order valence-corrected chi connectivity index (χ3v) is 2.05. The first-order valence-corrected chi connectivity index (χ1v) is 5.68. The molecule has 0 aliphatic carbocycles. The number of benzene rings is 1. The number of ether oxygens (including phenoxy) is 1. The van der Waals surface area contributed by atoms with Gasteiger partial charge in [0, 0.05) is 4.47 Å². The van der Waals surface area contributed by atoms with E-state index in [-0.39, 0.29) is 19.8 Å². The van der Waals surface area contributed by atoms with E-state index >= 15 is 0 Å². The Hall–Kier alpha value is -0.460. The molecule has 0 amide bonds. The molecule has 1 aromatic carbocycles. The van der Waals surface area contributed by atoms with E-state index in [9.17, 15) is 0 Å². The Morgan fingerprint density at radius 3 is 1.94 bits per heavy atom. The van der Waals surface area contributed by atoms with Gasteiger partial charge in [-0.05, 0) is 17.7 Å². The molecule has 0 aromatic heterocycles. The maximum atomic E-state index is 8.46. The SMILES string of the molecule is OCCO.OCCOCc1ccc(Br)cc1. The second-order valence-corrected chi connectivity index (χ2v) is 3.77. The van der Waals surface area contributed by atoms with Crippen molar-refractivity contribution in [3.63, 3.8) is 0 Å². The van der Waals surface area contributed by atoms with Crippen LogP contribution in [0.15, 0.2) is 28.7 Å². The van der Waals surface area contributed by atoms with Crippen LogP contribution in [0.25, 0.3) is 0 Å². The Morgan fingerprint density at radius 1 is 0.938 bits per heavy atom. The topological polar surface area (TPSA) is 69.9 Å². The van der Waals surface area contributed by atoms with Crippen molar-refractivity contribution < 1.29 is 20.1 Å². The van der Waals surface area contributed by atoms with Gasteiger partial charge in [-0.3, -0.25) is 0 Å². The minimum atomic E-state index is -0.125. The largest absolute Gasteiger partial charge is 0.394 e. The molecule has 3 N–H and O–H groups in total. The Bertz CT molecular complexity index is 249. The molecule has 1 rings (SSSR count). The van der Waals surface area contributed by atoms with Crippen LogP contribution in [0.3, 0.4) is 0 Å². The van der Waals surface area contributed by atoms with Gasteiger partial charge >= 0.3 is 0 Å². The summed E-state index contributed by atoms with van der Waals surface area (Å²) in [5.74, 6) is 0. The third-order valence-electron chi connectivity index (χ3n) is 1.52. The van der Waals surface area contributed by atoms with E-state index in [0.29, 0.717) is 13.2 Å². The van der Waals surface area contributed by atoms with Crippen molar-refractivity contribution in [2.75, 3.05) is 26.4 Å². The van der Waals surface area contributed by atoms with Gasteiger partial charge in [0.2, 0.25) is 0 Å². The molecule has 16 heavy (non-hydrogen) atoms. The van der Waals surface area contributed by atoms with Crippen LogP contribution in [0.4, 0.5) is 0 Å². The molecule has 0 atom stereocenters. The second kappa shape index (κ2) is 11.0. The van der Waals surface area contributed by atoms with Crippen LogP contribution >= 0.6 is 15.9 Å². The monoisotopic (exact) mass is 292 g/mol. The average molecular weight is 293 g/mol. The summed E-state index contributed by atoms with van der Waals surface area (Å²) in [6.07, 6.45) is 0. The molecule has 0 saturated heterocycles. The highest BCUT2D eigenvalue weighted by Crippen LogP contribution is 2.10. The van der Waals surface area contributed by atoms with E-state index in [1.54, 1.807) is 0 Å². The molecule has 4 nitrogen and oxygen atoms in total. The first kappa shape index (κ1) is 15.5. The minimum Gasteiger partial charge on any atom is -0.394 e. The highest BCUT2D eigenvalue weighted by Gasteiger charge is 1.91. The van der Waals surface area contributed by atoms with Crippen LogP contribution in [-0.4, -0.2) is 41.7 Å². The van der Waals surface area contributed by atoms with Crippen molar-refractivity contribution in [3.8, 4) is 0 Å². The standard InChI is InChI=1S/C9H11BrO2.C2H6O2/c10-9-3-1-8(2-4-9)7-12-6-5-11;3-1-2-4/h1-4,11H,5-7H2;3-4H,1-2H2. The predicted molar refractivity (Wildman–Crippen MR) is 65.1 cm³/mol. The number of rotatable bonds is 5. The van der Waals surface area contributed by atoms with Gasteiger partial charge < -0.3 is 20.1 Å². The van der Waals surface area contributed by atoms with Crippen LogP contribution in [0, 0.1) is 0 Å². The zero-order valence-electron chi connectivity index (χ0n) is 8.97. The number of aliphatic hydroxyl groups is 3. The number of halogens is 1. The quantitative estimate of drug-likeness (QED) is 0.706. The smallest absolute Gasteiger partial charge is 0.0718 e. The normalized spacial score (nSPS) is 9.50. The van der Waals surface area contributed by atoms with Crippen LogP contribution in [-0.2, 0) is 11.3 Å². The lowest BCUT2D eigenvalue weighted by Gasteiger charge is -2.01. The van der Waals surface area contributed by atoms with Crippen molar-refractivity contribution in [1.29, 1.82) is 0 Å². The van der Waals surface area contributed by atoms with Gasteiger partial charge in [0.1, 0.15) is 0 Å². The Morgan fingerprint density at radius 2 is 1.50 bits per heavy atom. The molecule has 5 heteroatoms. The molecule has 0 fully saturated rings. The van der Waals surface area contributed by atoms with Crippen LogP contribution in [0.5, 0.6) is 0 Å². The zero-order chi connectivity index (χ0) is 12.2. The summed E-state index contributed by atoms with van der Waals surface area (Å²) >= 11 is 3.35. The van der Waals surface area contributed by atoms with Gasteiger partial charge in [-0.1, -0.05) is 28.1 Å².